The zero-order chi connectivity index (χ0) is 17.2. The quantitative estimate of drug-likeness (QED) is 0.909. The molecule has 0 saturated carbocycles. The van der Waals surface area contributed by atoms with E-state index in [0.717, 1.165) is 74.7 Å². The van der Waals surface area contributed by atoms with Gasteiger partial charge in [0.2, 0.25) is 5.95 Å². The Morgan fingerprint density at radius 2 is 1.84 bits per heavy atom. The number of methoxy groups -OCH3 is 1. The highest BCUT2D eigenvalue weighted by molar-refractivity contribution is 5.44. The van der Waals surface area contributed by atoms with Crippen molar-refractivity contribution in [1.29, 1.82) is 0 Å². The molecule has 1 aliphatic heterocycles. The van der Waals surface area contributed by atoms with Crippen molar-refractivity contribution in [3.8, 4) is 5.75 Å². The lowest BCUT2D eigenvalue weighted by molar-refractivity contribution is 0.413. The van der Waals surface area contributed by atoms with Crippen LogP contribution in [-0.4, -0.2) is 48.2 Å². The van der Waals surface area contributed by atoms with Crippen LogP contribution in [0.2, 0.25) is 0 Å². The number of hydrogen-bond acceptors (Lipinski definition) is 6. The van der Waals surface area contributed by atoms with E-state index in [1.165, 1.54) is 0 Å². The molecule has 25 heavy (non-hydrogen) atoms. The lowest BCUT2D eigenvalue weighted by atomic mass is 9.97. The Bertz CT molecular complexity index is 794. The van der Waals surface area contributed by atoms with Crippen LogP contribution in [0.15, 0.2) is 23.1 Å². The monoisotopic (exact) mass is 341 g/mol. The third-order valence-electron chi connectivity index (χ3n) is 5.04. The summed E-state index contributed by atoms with van der Waals surface area (Å²) in [6.07, 6.45) is 5.73. The molecule has 0 spiro atoms. The molecule has 4 rings (SSSR count). The summed E-state index contributed by atoms with van der Waals surface area (Å²) < 4.78 is 5.16. The third kappa shape index (κ3) is 3.18. The van der Waals surface area contributed by atoms with Gasteiger partial charge in [-0.2, -0.15) is 0 Å². The van der Waals surface area contributed by atoms with E-state index in [0.29, 0.717) is 5.95 Å². The second kappa shape index (κ2) is 6.74. The number of aromatic nitrogens is 3. The smallest absolute Gasteiger partial charge is 0.255 e. The Labute approximate surface area is 146 Å². The number of rotatable bonds is 3. The molecular formula is C18H23N5O2. The number of pyridine rings is 1. The van der Waals surface area contributed by atoms with Gasteiger partial charge in [-0.3, -0.25) is 9.78 Å². The van der Waals surface area contributed by atoms with E-state index in [1.807, 2.05) is 12.1 Å². The lowest BCUT2D eigenvalue weighted by Gasteiger charge is -2.36. The van der Waals surface area contributed by atoms with Crippen molar-refractivity contribution in [3.05, 3.63) is 39.9 Å². The number of nitrogens with zero attached hydrogens (tertiary/aromatic N) is 4. The standard InChI is InChI=1S/C18H23N5O2/c1-25-13-6-7-16(19-12-13)22-8-10-23(11-9-22)18-20-15-5-3-2-4-14(15)17(24)21-18/h6-7,12H,2-5,8-11H2,1H3,(H,20,21,24). The number of hydrogen-bond donors (Lipinski definition) is 1. The van der Waals surface area contributed by atoms with E-state index in [1.54, 1.807) is 13.3 Å². The van der Waals surface area contributed by atoms with Gasteiger partial charge >= 0.3 is 0 Å². The first kappa shape index (κ1) is 15.9. The van der Waals surface area contributed by atoms with Gasteiger partial charge < -0.3 is 14.5 Å². The topological polar surface area (TPSA) is 74.3 Å². The van der Waals surface area contributed by atoms with E-state index in [9.17, 15) is 4.79 Å². The summed E-state index contributed by atoms with van der Waals surface area (Å²) in [5.41, 5.74) is 1.92. The molecule has 0 unspecified atom stereocenters. The lowest BCUT2D eigenvalue weighted by Crippen LogP contribution is -2.48. The van der Waals surface area contributed by atoms with E-state index >= 15 is 0 Å². The van der Waals surface area contributed by atoms with Crippen molar-refractivity contribution >= 4 is 11.8 Å². The molecule has 7 heteroatoms. The second-order valence-corrected chi connectivity index (χ2v) is 6.55. The SMILES string of the molecule is COc1ccc(N2CCN(c3nc4c(c(=O)[nH]3)CCCC4)CC2)nc1. The fraction of sp³-hybridized carbons (Fsp3) is 0.500. The van der Waals surface area contributed by atoms with Gasteiger partial charge in [-0.1, -0.05) is 0 Å². The summed E-state index contributed by atoms with van der Waals surface area (Å²) in [7, 11) is 1.64. The van der Waals surface area contributed by atoms with Crippen LogP contribution >= 0.6 is 0 Å². The first-order valence-electron chi connectivity index (χ1n) is 8.86. The highest BCUT2D eigenvalue weighted by atomic mass is 16.5. The molecule has 0 aromatic carbocycles. The summed E-state index contributed by atoms with van der Waals surface area (Å²) in [6, 6.07) is 3.91. The van der Waals surface area contributed by atoms with Crippen LogP contribution < -0.4 is 20.1 Å². The minimum absolute atomic E-state index is 0.0407. The molecule has 0 atom stereocenters. The Balaban J connectivity index is 1.46. The predicted molar refractivity (Wildman–Crippen MR) is 96.7 cm³/mol. The number of ether oxygens (including phenoxy) is 1. The fourth-order valence-electron chi connectivity index (χ4n) is 3.57. The number of anilines is 2. The van der Waals surface area contributed by atoms with E-state index in [2.05, 4.69) is 19.8 Å². The normalized spacial score (nSPS) is 17.3. The molecule has 2 aliphatic rings. The van der Waals surface area contributed by atoms with Crippen molar-refractivity contribution in [3.63, 3.8) is 0 Å². The Morgan fingerprint density at radius 1 is 1.08 bits per heavy atom. The van der Waals surface area contributed by atoms with Crippen molar-refractivity contribution in [1.82, 2.24) is 15.0 Å². The number of fused-ring (bicyclic) bond motifs is 1. The van der Waals surface area contributed by atoms with Crippen LogP contribution in [0.4, 0.5) is 11.8 Å². The Hall–Kier alpha value is -2.57. The van der Waals surface area contributed by atoms with Crippen LogP contribution in [-0.2, 0) is 12.8 Å². The maximum atomic E-state index is 12.3. The van der Waals surface area contributed by atoms with Crippen molar-refractivity contribution < 1.29 is 4.74 Å². The molecule has 132 valence electrons. The molecule has 1 N–H and O–H groups in total. The molecule has 3 heterocycles. The van der Waals surface area contributed by atoms with Gasteiger partial charge in [-0.05, 0) is 37.8 Å². The summed E-state index contributed by atoms with van der Waals surface area (Å²) in [5.74, 6) is 2.43. The highest BCUT2D eigenvalue weighted by Crippen LogP contribution is 2.21. The van der Waals surface area contributed by atoms with Gasteiger partial charge in [0.05, 0.1) is 19.0 Å². The van der Waals surface area contributed by atoms with Crippen LogP contribution in [0, 0.1) is 0 Å². The van der Waals surface area contributed by atoms with E-state index in [4.69, 9.17) is 9.72 Å². The number of H-pyrrole nitrogens is 1. The van der Waals surface area contributed by atoms with E-state index in [-0.39, 0.29) is 5.56 Å². The Kier molecular flexibility index (Phi) is 4.29. The van der Waals surface area contributed by atoms with Gasteiger partial charge in [0.1, 0.15) is 11.6 Å². The zero-order valence-corrected chi connectivity index (χ0v) is 14.5. The molecule has 1 aliphatic carbocycles. The van der Waals surface area contributed by atoms with Crippen LogP contribution in [0.25, 0.3) is 0 Å². The number of aryl methyl sites for hydroxylation is 1. The minimum atomic E-state index is 0.0407. The maximum Gasteiger partial charge on any atom is 0.255 e. The molecule has 7 nitrogen and oxygen atoms in total. The average Bonchev–Trinajstić information content (AvgIpc) is 2.68. The third-order valence-corrected chi connectivity index (χ3v) is 5.04. The fourth-order valence-corrected chi connectivity index (χ4v) is 3.57. The van der Waals surface area contributed by atoms with Gasteiger partial charge in [-0.15, -0.1) is 0 Å². The predicted octanol–water partition coefficient (Wildman–Crippen LogP) is 1.38. The van der Waals surface area contributed by atoms with Gasteiger partial charge in [0.25, 0.3) is 5.56 Å². The summed E-state index contributed by atoms with van der Waals surface area (Å²) >= 11 is 0. The van der Waals surface area contributed by atoms with Crippen LogP contribution in [0.3, 0.4) is 0 Å². The molecule has 1 saturated heterocycles. The van der Waals surface area contributed by atoms with Crippen molar-refractivity contribution in [2.75, 3.05) is 43.1 Å². The van der Waals surface area contributed by atoms with Crippen molar-refractivity contribution in [2.45, 2.75) is 25.7 Å². The minimum Gasteiger partial charge on any atom is -0.495 e. The van der Waals surface area contributed by atoms with Gasteiger partial charge in [0.15, 0.2) is 0 Å². The maximum absolute atomic E-state index is 12.3. The zero-order valence-electron chi connectivity index (χ0n) is 14.5. The molecular weight excluding hydrogens is 318 g/mol. The summed E-state index contributed by atoms with van der Waals surface area (Å²) in [4.78, 5) is 28.9. The van der Waals surface area contributed by atoms with Crippen molar-refractivity contribution in [2.24, 2.45) is 0 Å². The second-order valence-electron chi connectivity index (χ2n) is 6.55. The Morgan fingerprint density at radius 3 is 2.56 bits per heavy atom. The van der Waals surface area contributed by atoms with Gasteiger partial charge in [0, 0.05) is 31.7 Å². The molecule has 1 fully saturated rings. The summed E-state index contributed by atoms with van der Waals surface area (Å²) in [6.45, 7) is 3.32. The first-order valence-corrected chi connectivity index (χ1v) is 8.86. The average molecular weight is 341 g/mol. The highest BCUT2D eigenvalue weighted by Gasteiger charge is 2.22. The molecule has 2 aromatic heterocycles. The van der Waals surface area contributed by atoms with E-state index < -0.39 is 0 Å². The molecule has 2 aromatic rings. The largest absolute Gasteiger partial charge is 0.495 e. The molecule has 0 bridgehead atoms. The molecule has 0 radical (unpaired) electrons. The number of aromatic amines is 1. The van der Waals surface area contributed by atoms with Crippen LogP contribution in [0.1, 0.15) is 24.1 Å². The summed E-state index contributed by atoms with van der Waals surface area (Å²) in [5, 5.41) is 0. The number of piperazine rings is 1. The van der Waals surface area contributed by atoms with Gasteiger partial charge in [-0.25, -0.2) is 9.97 Å². The molecule has 0 amide bonds. The first-order chi connectivity index (χ1) is 12.2. The van der Waals surface area contributed by atoms with Crippen LogP contribution in [0.5, 0.6) is 5.75 Å². The number of nitrogens with one attached hydrogen (secondary N) is 1.